The summed E-state index contributed by atoms with van der Waals surface area (Å²) in [5.74, 6) is 0.638. The first-order chi connectivity index (χ1) is 14.9. The van der Waals surface area contributed by atoms with Crippen molar-refractivity contribution in [3.8, 4) is 5.95 Å². The number of rotatable bonds is 1. The van der Waals surface area contributed by atoms with Crippen molar-refractivity contribution in [1.82, 2.24) is 19.5 Å². The molecular weight excluding hydrogens is 388 g/mol. The molecule has 0 aliphatic rings. The fourth-order valence-electron chi connectivity index (χ4n) is 4.48. The lowest BCUT2D eigenvalue weighted by atomic mass is 10.1. The Bertz CT molecular complexity index is 1750. The van der Waals surface area contributed by atoms with E-state index in [1.807, 2.05) is 11.3 Å². The quantitative estimate of drug-likeness (QED) is 0.315. The van der Waals surface area contributed by atoms with Crippen LogP contribution < -0.4 is 0 Å². The van der Waals surface area contributed by atoms with Crippen molar-refractivity contribution in [1.29, 1.82) is 0 Å². The number of nitrogens with zero attached hydrogens (tertiary/aromatic N) is 4. The first-order valence-electron chi connectivity index (χ1n) is 9.77. The van der Waals surface area contributed by atoms with Crippen molar-refractivity contribution in [2.45, 2.75) is 0 Å². The molecule has 0 N–H and O–H groups in total. The first kappa shape index (κ1) is 16.0. The van der Waals surface area contributed by atoms with Crippen LogP contribution >= 0.6 is 11.3 Å². The predicted octanol–water partition coefficient (Wildman–Crippen LogP) is 6.49. The standard InChI is InChI=1S/C25H14N4S/c1-2-6-16-10-21-18(9-15(16)5-1)19-12-24-20(17-7-3-4-8-23(17)30-24)11-22(19)29(21)25-27-13-26-14-28-25/h1-14H. The van der Waals surface area contributed by atoms with E-state index in [0.29, 0.717) is 5.95 Å². The Labute approximate surface area is 175 Å². The van der Waals surface area contributed by atoms with Crippen molar-refractivity contribution < 1.29 is 0 Å². The van der Waals surface area contributed by atoms with Crippen molar-refractivity contribution in [2.24, 2.45) is 0 Å². The molecule has 0 saturated carbocycles. The molecule has 0 unspecified atom stereocenters. The number of aromatic nitrogens is 4. The second-order valence-corrected chi connectivity index (χ2v) is 8.54. The monoisotopic (exact) mass is 402 g/mol. The van der Waals surface area contributed by atoms with Crippen LogP contribution in [0.25, 0.3) is 58.7 Å². The number of hydrogen-bond acceptors (Lipinski definition) is 4. The molecule has 30 heavy (non-hydrogen) atoms. The highest BCUT2D eigenvalue weighted by atomic mass is 32.1. The highest BCUT2D eigenvalue weighted by Crippen LogP contribution is 2.40. The zero-order valence-electron chi connectivity index (χ0n) is 15.8. The van der Waals surface area contributed by atoms with Crippen molar-refractivity contribution in [3.05, 3.63) is 85.5 Å². The van der Waals surface area contributed by atoms with E-state index in [1.54, 1.807) is 12.7 Å². The van der Waals surface area contributed by atoms with Gasteiger partial charge in [-0.15, -0.1) is 11.3 Å². The van der Waals surface area contributed by atoms with Crippen LogP contribution in [0.15, 0.2) is 85.5 Å². The summed E-state index contributed by atoms with van der Waals surface area (Å²) >= 11 is 1.84. The molecule has 4 nitrogen and oxygen atoms in total. The lowest BCUT2D eigenvalue weighted by Gasteiger charge is -2.05. The Kier molecular flexibility index (Phi) is 3.12. The molecular formula is C25H14N4S. The van der Waals surface area contributed by atoms with Gasteiger partial charge in [0.1, 0.15) is 12.7 Å². The van der Waals surface area contributed by atoms with Gasteiger partial charge >= 0.3 is 0 Å². The Morgan fingerprint density at radius 3 is 2.17 bits per heavy atom. The van der Waals surface area contributed by atoms with Crippen molar-refractivity contribution >= 4 is 64.1 Å². The number of fused-ring (bicyclic) bond motifs is 7. The molecule has 3 aromatic heterocycles. The van der Waals surface area contributed by atoms with Crippen LogP contribution in [0.3, 0.4) is 0 Å². The third-order valence-corrected chi connectivity index (χ3v) is 6.94. The van der Waals surface area contributed by atoms with Gasteiger partial charge in [0.05, 0.1) is 11.0 Å². The molecule has 0 fully saturated rings. The van der Waals surface area contributed by atoms with E-state index in [2.05, 4.69) is 92.3 Å². The Morgan fingerprint density at radius 2 is 1.30 bits per heavy atom. The third-order valence-electron chi connectivity index (χ3n) is 5.81. The molecule has 0 amide bonds. The molecule has 3 heterocycles. The highest BCUT2D eigenvalue weighted by Gasteiger charge is 2.17. The van der Waals surface area contributed by atoms with E-state index in [1.165, 1.54) is 41.7 Å². The molecule has 7 rings (SSSR count). The van der Waals surface area contributed by atoms with Crippen LogP contribution in [-0.4, -0.2) is 19.5 Å². The lowest BCUT2D eigenvalue weighted by Crippen LogP contribution is -2.00. The van der Waals surface area contributed by atoms with Crippen LogP contribution in [0.4, 0.5) is 0 Å². The van der Waals surface area contributed by atoms with Gasteiger partial charge < -0.3 is 0 Å². The van der Waals surface area contributed by atoms with Gasteiger partial charge in [-0.1, -0.05) is 42.5 Å². The minimum absolute atomic E-state index is 0.638. The summed E-state index contributed by atoms with van der Waals surface area (Å²) in [5.41, 5.74) is 2.22. The maximum absolute atomic E-state index is 4.47. The van der Waals surface area contributed by atoms with Gasteiger partial charge in [-0.3, -0.25) is 4.57 Å². The van der Waals surface area contributed by atoms with Gasteiger partial charge in [0, 0.05) is 30.9 Å². The summed E-state index contributed by atoms with van der Waals surface area (Å²) in [6.45, 7) is 0. The van der Waals surface area contributed by atoms with Gasteiger partial charge in [0.25, 0.3) is 0 Å². The second kappa shape index (κ2) is 5.84. The Morgan fingerprint density at radius 1 is 0.600 bits per heavy atom. The molecule has 0 spiro atoms. The summed E-state index contributed by atoms with van der Waals surface area (Å²) in [6, 6.07) is 26.2. The predicted molar refractivity (Wildman–Crippen MR) is 125 cm³/mol. The molecule has 0 radical (unpaired) electrons. The molecule has 140 valence electrons. The van der Waals surface area contributed by atoms with Crippen LogP contribution in [0, 0.1) is 0 Å². The van der Waals surface area contributed by atoms with Gasteiger partial charge in [-0.05, 0) is 41.1 Å². The summed E-state index contributed by atoms with van der Waals surface area (Å²) in [4.78, 5) is 13.0. The highest BCUT2D eigenvalue weighted by molar-refractivity contribution is 7.25. The number of thiophene rings is 1. The average molecular weight is 402 g/mol. The molecule has 0 aliphatic heterocycles. The Hall–Kier alpha value is -3.83. The minimum atomic E-state index is 0.638. The zero-order valence-corrected chi connectivity index (χ0v) is 16.6. The first-order valence-corrected chi connectivity index (χ1v) is 10.6. The lowest BCUT2D eigenvalue weighted by molar-refractivity contribution is 0.940. The Balaban J connectivity index is 1.73. The summed E-state index contributed by atoms with van der Waals surface area (Å²) < 4.78 is 4.76. The molecule has 0 aliphatic carbocycles. The van der Waals surface area contributed by atoms with E-state index in [0.717, 1.165) is 11.0 Å². The van der Waals surface area contributed by atoms with E-state index in [9.17, 15) is 0 Å². The molecule has 4 aromatic carbocycles. The summed E-state index contributed by atoms with van der Waals surface area (Å²) in [5, 5.41) is 7.42. The fourth-order valence-corrected chi connectivity index (χ4v) is 5.61. The van der Waals surface area contributed by atoms with E-state index in [-0.39, 0.29) is 0 Å². The smallest absolute Gasteiger partial charge is 0.237 e. The second-order valence-electron chi connectivity index (χ2n) is 7.45. The van der Waals surface area contributed by atoms with Crippen molar-refractivity contribution in [3.63, 3.8) is 0 Å². The molecule has 7 aromatic rings. The van der Waals surface area contributed by atoms with Crippen LogP contribution in [0.1, 0.15) is 0 Å². The molecule has 0 atom stereocenters. The fraction of sp³-hybridized carbons (Fsp3) is 0. The van der Waals surface area contributed by atoms with Gasteiger partial charge in [-0.25, -0.2) is 15.0 Å². The van der Waals surface area contributed by atoms with Gasteiger partial charge in [0.15, 0.2) is 0 Å². The number of benzene rings is 4. The normalized spacial score (nSPS) is 12.0. The molecule has 0 saturated heterocycles. The van der Waals surface area contributed by atoms with Gasteiger partial charge in [-0.2, -0.15) is 0 Å². The van der Waals surface area contributed by atoms with Crippen LogP contribution in [0.2, 0.25) is 0 Å². The number of hydrogen-bond donors (Lipinski definition) is 0. The summed E-state index contributed by atoms with van der Waals surface area (Å²) in [7, 11) is 0. The molecule has 0 bridgehead atoms. The maximum atomic E-state index is 4.47. The van der Waals surface area contributed by atoms with Gasteiger partial charge in [0.2, 0.25) is 5.95 Å². The topological polar surface area (TPSA) is 43.6 Å². The van der Waals surface area contributed by atoms with Crippen molar-refractivity contribution in [2.75, 3.05) is 0 Å². The van der Waals surface area contributed by atoms with E-state index < -0.39 is 0 Å². The van der Waals surface area contributed by atoms with Crippen LogP contribution in [-0.2, 0) is 0 Å². The largest absolute Gasteiger partial charge is 0.278 e. The molecule has 5 heteroatoms. The maximum Gasteiger partial charge on any atom is 0.237 e. The third kappa shape index (κ3) is 2.12. The van der Waals surface area contributed by atoms with E-state index in [4.69, 9.17) is 0 Å². The average Bonchev–Trinajstić information content (AvgIpc) is 3.31. The van der Waals surface area contributed by atoms with Crippen LogP contribution in [0.5, 0.6) is 0 Å². The zero-order chi connectivity index (χ0) is 19.7. The minimum Gasteiger partial charge on any atom is -0.278 e. The SMILES string of the molecule is c1ccc2cc3c(cc2c1)c1cc2sc4ccccc4c2cc1n3-c1ncncn1. The summed E-state index contributed by atoms with van der Waals surface area (Å²) in [6.07, 6.45) is 3.11. The van der Waals surface area contributed by atoms with E-state index >= 15 is 0 Å².